The zero-order valence-electron chi connectivity index (χ0n) is 10.1. The van der Waals surface area contributed by atoms with Crippen LogP contribution in [-0.2, 0) is 4.74 Å². The van der Waals surface area contributed by atoms with Crippen molar-refractivity contribution >= 4 is 11.6 Å². The van der Waals surface area contributed by atoms with Gasteiger partial charge >= 0.3 is 0 Å². The lowest BCUT2D eigenvalue weighted by Crippen LogP contribution is -2.45. The van der Waals surface area contributed by atoms with Gasteiger partial charge in [0.15, 0.2) is 0 Å². The molecule has 2 saturated heterocycles. The molecule has 0 spiro atoms. The minimum Gasteiger partial charge on any atom is -0.371 e. The van der Waals surface area contributed by atoms with Crippen LogP contribution in [0.5, 0.6) is 0 Å². The number of carbonyl (C=O) groups is 1. The molecule has 1 aromatic rings. The van der Waals surface area contributed by atoms with E-state index in [1.54, 1.807) is 12.1 Å². The first-order valence-corrected chi connectivity index (χ1v) is 6.27. The van der Waals surface area contributed by atoms with E-state index >= 15 is 0 Å². The minimum atomic E-state index is 0.0822. The van der Waals surface area contributed by atoms with Gasteiger partial charge in [-0.1, -0.05) is 0 Å². The van der Waals surface area contributed by atoms with Gasteiger partial charge in [-0.05, 0) is 37.1 Å². The molecule has 18 heavy (non-hydrogen) atoms. The zero-order chi connectivity index (χ0) is 12.5. The molecule has 1 aromatic carbocycles. The number of nitrogens with one attached hydrogen (secondary N) is 1. The smallest absolute Gasteiger partial charge is 0.254 e. The second-order valence-corrected chi connectivity index (χ2v) is 4.89. The van der Waals surface area contributed by atoms with E-state index in [2.05, 4.69) is 5.43 Å². The van der Waals surface area contributed by atoms with Crippen molar-refractivity contribution in [3.8, 4) is 0 Å². The summed E-state index contributed by atoms with van der Waals surface area (Å²) >= 11 is 0. The molecule has 3 N–H and O–H groups in total. The summed E-state index contributed by atoms with van der Waals surface area (Å²) in [6, 6.07) is 7.22. The molecular weight excluding hydrogens is 230 g/mol. The average Bonchev–Trinajstić information content (AvgIpc) is 2.77. The highest BCUT2D eigenvalue weighted by Gasteiger charge is 2.35. The van der Waals surface area contributed by atoms with Crippen LogP contribution in [0, 0.1) is 0 Å². The Morgan fingerprint density at radius 1 is 1.22 bits per heavy atom. The van der Waals surface area contributed by atoms with Crippen LogP contribution >= 0.6 is 0 Å². The molecule has 5 heteroatoms. The molecule has 2 fully saturated rings. The van der Waals surface area contributed by atoms with Gasteiger partial charge in [-0.2, -0.15) is 0 Å². The lowest BCUT2D eigenvalue weighted by Gasteiger charge is -2.32. The highest BCUT2D eigenvalue weighted by atomic mass is 16.5. The van der Waals surface area contributed by atoms with Gasteiger partial charge in [0.25, 0.3) is 5.91 Å². The van der Waals surface area contributed by atoms with Gasteiger partial charge in [-0.25, -0.2) is 0 Å². The summed E-state index contributed by atoms with van der Waals surface area (Å²) in [5, 5.41) is 0. The predicted molar refractivity (Wildman–Crippen MR) is 68.1 cm³/mol. The van der Waals surface area contributed by atoms with Crippen molar-refractivity contribution in [2.24, 2.45) is 5.84 Å². The standard InChI is InChI=1S/C13H17N3O2/c14-15-10-3-1-9(2-4-10)13(17)16-7-11-5-6-12(8-16)18-11/h1-4,11-12,15H,5-8,14H2. The Bertz CT molecular complexity index is 434. The Kier molecular flexibility index (Phi) is 2.93. The summed E-state index contributed by atoms with van der Waals surface area (Å²) < 4.78 is 5.73. The molecule has 5 nitrogen and oxygen atoms in total. The molecule has 0 saturated carbocycles. The maximum Gasteiger partial charge on any atom is 0.254 e. The van der Waals surface area contributed by atoms with Crippen LogP contribution in [-0.4, -0.2) is 36.1 Å². The number of nitrogen functional groups attached to an aromatic ring is 1. The summed E-state index contributed by atoms with van der Waals surface area (Å²) in [5.74, 6) is 5.38. The van der Waals surface area contributed by atoms with Crippen LogP contribution in [0.2, 0.25) is 0 Å². The first-order valence-electron chi connectivity index (χ1n) is 6.27. The van der Waals surface area contributed by atoms with E-state index in [0.29, 0.717) is 18.7 Å². The normalized spacial score (nSPS) is 26.2. The van der Waals surface area contributed by atoms with E-state index in [1.165, 1.54) is 0 Å². The molecule has 3 rings (SSSR count). The van der Waals surface area contributed by atoms with E-state index in [4.69, 9.17) is 10.6 Å². The van der Waals surface area contributed by atoms with Crippen LogP contribution in [0.15, 0.2) is 24.3 Å². The number of hydrogen-bond donors (Lipinski definition) is 2. The number of fused-ring (bicyclic) bond motifs is 2. The number of amides is 1. The van der Waals surface area contributed by atoms with E-state index in [0.717, 1.165) is 18.5 Å². The quantitative estimate of drug-likeness (QED) is 0.604. The zero-order valence-corrected chi connectivity index (χ0v) is 10.1. The third kappa shape index (κ3) is 2.07. The second-order valence-electron chi connectivity index (χ2n) is 4.89. The number of ether oxygens (including phenoxy) is 1. The van der Waals surface area contributed by atoms with Crippen molar-refractivity contribution in [2.45, 2.75) is 25.0 Å². The fourth-order valence-electron chi connectivity index (χ4n) is 2.67. The second kappa shape index (κ2) is 4.59. The number of hydrazine groups is 1. The van der Waals surface area contributed by atoms with Gasteiger partial charge in [0.05, 0.1) is 12.2 Å². The number of rotatable bonds is 2. The first-order chi connectivity index (χ1) is 8.76. The van der Waals surface area contributed by atoms with Gasteiger partial charge < -0.3 is 15.1 Å². The number of anilines is 1. The van der Waals surface area contributed by atoms with Crippen molar-refractivity contribution in [2.75, 3.05) is 18.5 Å². The highest BCUT2D eigenvalue weighted by Crippen LogP contribution is 2.27. The molecule has 2 heterocycles. The molecule has 2 aliphatic heterocycles. The van der Waals surface area contributed by atoms with Crippen molar-refractivity contribution in [1.29, 1.82) is 0 Å². The van der Waals surface area contributed by atoms with E-state index in [9.17, 15) is 4.79 Å². The summed E-state index contributed by atoms with van der Waals surface area (Å²) in [7, 11) is 0. The number of likely N-dealkylation sites (tertiary alicyclic amines) is 1. The van der Waals surface area contributed by atoms with Crippen molar-refractivity contribution in [3.63, 3.8) is 0 Å². The Morgan fingerprint density at radius 3 is 2.39 bits per heavy atom. The predicted octanol–water partition coefficient (Wildman–Crippen LogP) is 0.976. The molecule has 2 bridgehead atoms. The minimum absolute atomic E-state index is 0.0822. The van der Waals surface area contributed by atoms with Crippen LogP contribution in [0.25, 0.3) is 0 Å². The van der Waals surface area contributed by atoms with Gasteiger partial charge in [-0.3, -0.25) is 10.6 Å². The largest absolute Gasteiger partial charge is 0.371 e. The molecule has 2 unspecified atom stereocenters. The highest BCUT2D eigenvalue weighted by molar-refractivity contribution is 5.94. The van der Waals surface area contributed by atoms with Crippen molar-refractivity contribution in [3.05, 3.63) is 29.8 Å². The SMILES string of the molecule is NNc1ccc(C(=O)N2CC3CCC(C2)O3)cc1. The van der Waals surface area contributed by atoms with E-state index in [-0.39, 0.29) is 18.1 Å². The van der Waals surface area contributed by atoms with Gasteiger partial charge in [0.2, 0.25) is 0 Å². The number of nitrogens with two attached hydrogens (primary N) is 1. The fourth-order valence-corrected chi connectivity index (χ4v) is 2.67. The fraction of sp³-hybridized carbons (Fsp3) is 0.462. The summed E-state index contributed by atoms with van der Waals surface area (Å²) in [6.45, 7) is 1.43. The molecule has 96 valence electrons. The third-order valence-corrected chi connectivity index (χ3v) is 3.63. The van der Waals surface area contributed by atoms with Crippen molar-refractivity contribution in [1.82, 2.24) is 4.90 Å². The first kappa shape index (κ1) is 11.5. The lowest BCUT2D eigenvalue weighted by atomic mass is 10.1. The number of carbonyl (C=O) groups excluding carboxylic acids is 1. The van der Waals surface area contributed by atoms with Gasteiger partial charge in [0, 0.05) is 24.3 Å². The summed E-state index contributed by atoms with van der Waals surface area (Å²) in [4.78, 5) is 14.2. The van der Waals surface area contributed by atoms with E-state index < -0.39 is 0 Å². The number of hydrogen-bond acceptors (Lipinski definition) is 4. The van der Waals surface area contributed by atoms with Gasteiger partial charge in [-0.15, -0.1) is 0 Å². The Morgan fingerprint density at radius 2 is 1.83 bits per heavy atom. The van der Waals surface area contributed by atoms with E-state index in [1.807, 2.05) is 17.0 Å². The lowest BCUT2D eigenvalue weighted by molar-refractivity contribution is -0.0303. The molecule has 2 aliphatic rings. The Balaban J connectivity index is 1.73. The van der Waals surface area contributed by atoms with Crippen LogP contribution in [0.3, 0.4) is 0 Å². The van der Waals surface area contributed by atoms with Crippen LogP contribution in [0.4, 0.5) is 5.69 Å². The van der Waals surface area contributed by atoms with Gasteiger partial charge in [0.1, 0.15) is 0 Å². The third-order valence-electron chi connectivity index (χ3n) is 3.63. The number of morpholine rings is 1. The Labute approximate surface area is 106 Å². The number of nitrogens with zero attached hydrogens (tertiary/aromatic N) is 1. The summed E-state index contributed by atoms with van der Waals surface area (Å²) in [5.41, 5.74) is 4.06. The van der Waals surface area contributed by atoms with Crippen LogP contribution < -0.4 is 11.3 Å². The molecule has 1 amide bonds. The molecule has 0 aromatic heterocycles. The maximum absolute atomic E-state index is 12.3. The topological polar surface area (TPSA) is 67.6 Å². The maximum atomic E-state index is 12.3. The van der Waals surface area contributed by atoms with Crippen LogP contribution in [0.1, 0.15) is 23.2 Å². The summed E-state index contributed by atoms with van der Waals surface area (Å²) in [6.07, 6.45) is 2.62. The average molecular weight is 247 g/mol. The molecule has 0 aliphatic carbocycles. The van der Waals surface area contributed by atoms with Crippen molar-refractivity contribution < 1.29 is 9.53 Å². The Hall–Kier alpha value is -1.59. The monoisotopic (exact) mass is 247 g/mol. The molecule has 2 atom stereocenters. The molecule has 0 radical (unpaired) electrons. The number of benzene rings is 1. The molecular formula is C13H17N3O2.